The van der Waals surface area contributed by atoms with Crippen LogP contribution in [0.25, 0.3) is 0 Å². The normalized spacial score (nSPS) is 10.3. The molecule has 0 saturated heterocycles. The van der Waals surface area contributed by atoms with Crippen molar-refractivity contribution in [2.45, 2.75) is 13.5 Å². The molecule has 0 fully saturated rings. The van der Waals surface area contributed by atoms with Crippen molar-refractivity contribution in [1.82, 2.24) is 5.32 Å². The average molecular weight is 364 g/mol. The summed E-state index contributed by atoms with van der Waals surface area (Å²) in [5, 5.41) is 5.58. The van der Waals surface area contributed by atoms with Gasteiger partial charge in [0.25, 0.3) is 11.8 Å². The maximum atomic E-state index is 12.3. The van der Waals surface area contributed by atoms with Crippen LogP contribution in [0.2, 0.25) is 0 Å². The van der Waals surface area contributed by atoms with Crippen LogP contribution >= 0.6 is 0 Å². The molecule has 3 rings (SSSR count). The van der Waals surface area contributed by atoms with Gasteiger partial charge in [-0.1, -0.05) is 12.1 Å². The highest BCUT2D eigenvalue weighted by atomic mass is 16.5. The van der Waals surface area contributed by atoms with E-state index in [1.165, 1.54) is 6.26 Å². The van der Waals surface area contributed by atoms with Crippen molar-refractivity contribution in [2.75, 3.05) is 11.9 Å². The van der Waals surface area contributed by atoms with E-state index in [0.29, 0.717) is 24.4 Å². The molecular formula is C21H20N2O4. The van der Waals surface area contributed by atoms with Crippen LogP contribution in [0.5, 0.6) is 5.75 Å². The monoisotopic (exact) mass is 364 g/mol. The van der Waals surface area contributed by atoms with Gasteiger partial charge in [0, 0.05) is 17.8 Å². The van der Waals surface area contributed by atoms with E-state index in [0.717, 1.165) is 11.3 Å². The number of hydrogen-bond donors (Lipinski definition) is 2. The van der Waals surface area contributed by atoms with Crippen molar-refractivity contribution in [3.63, 3.8) is 0 Å². The Balaban J connectivity index is 1.56. The molecule has 0 aliphatic heterocycles. The van der Waals surface area contributed by atoms with E-state index >= 15 is 0 Å². The van der Waals surface area contributed by atoms with Gasteiger partial charge in [-0.25, -0.2) is 0 Å². The fraction of sp³-hybridized carbons (Fsp3) is 0.143. The van der Waals surface area contributed by atoms with Gasteiger partial charge in [-0.15, -0.1) is 0 Å². The number of ether oxygens (including phenoxy) is 1. The first-order valence-electron chi connectivity index (χ1n) is 8.60. The minimum absolute atomic E-state index is 0.194. The third-order valence-corrected chi connectivity index (χ3v) is 3.81. The number of amides is 2. The van der Waals surface area contributed by atoms with Crippen LogP contribution < -0.4 is 15.4 Å². The largest absolute Gasteiger partial charge is 0.494 e. The lowest BCUT2D eigenvalue weighted by Gasteiger charge is -2.09. The molecule has 1 aromatic heterocycles. The van der Waals surface area contributed by atoms with Gasteiger partial charge in [-0.05, 0) is 61.0 Å². The van der Waals surface area contributed by atoms with Crippen LogP contribution in [0.1, 0.15) is 33.4 Å². The van der Waals surface area contributed by atoms with E-state index in [4.69, 9.17) is 9.15 Å². The highest BCUT2D eigenvalue weighted by molar-refractivity contribution is 6.02. The molecule has 0 spiro atoms. The Labute approximate surface area is 157 Å². The van der Waals surface area contributed by atoms with Crippen LogP contribution in [-0.2, 0) is 6.54 Å². The summed E-state index contributed by atoms with van der Waals surface area (Å²) in [6.45, 7) is 2.92. The molecule has 2 amide bonds. The molecule has 0 radical (unpaired) electrons. The first kappa shape index (κ1) is 18.3. The molecule has 3 aromatic rings. The van der Waals surface area contributed by atoms with E-state index in [-0.39, 0.29) is 17.6 Å². The Hall–Kier alpha value is -3.54. The van der Waals surface area contributed by atoms with E-state index in [1.54, 1.807) is 36.4 Å². The number of hydrogen-bond acceptors (Lipinski definition) is 4. The van der Waals surface area contributed by atoms with Gasteiger partial charge in [0.15, 0.2) is 5.76 Å². The van der Waals surface area contributed by atoms with Crippen LogP contribution in [0, 0.1) is 0 Å². The first-order valence-corrected chi connectivity index (χ1v) is 8.60. The second-order valence-corrected chi connectivity index (χ2v) is 5.77. The summed E-state index contributed by atoms with van der Waals surface area (Å²) in [7, 11) is 0. The van der Waals surface area contributed by atoms with Crippen LogP contribution in [0.15, 0.2) is 71.3 Å². The third kappa shape index (κ3) is 4.98. The van der Waals surface area contributed by atoms with Gasteiger partial charge in [-0.2, -0.15) is 0 Å². The minimum atomic E-state index is -0.341. The Morgan fingerprint density at radius 3 is 2.52 bits per heavy atom. The number of carbonyl (C=O) groups is 2. The fourth-order valence-electron chi connectivity index (χ4n) is 2.50. The van der Waals surface area contributed by atoms with Crippen molar-refractivity contribution in [3.05, 3.63) is 83.8 Å². The van der Waals surface area contributed by atoms with Crippen molar-refractivity contribution in [1.29, 1.82) is 0 Å². The molecule has 2 aromatic carbocycles. The third-order valence-electron chi connectivity index (χ3n) is 3.81. The predicted octanol–water partition coefficient (Wildman–Crippen LogP) is 3.86. The standard InChI is InChI=1S/C21H20N2O4/c1-2-26-18-6-3-5-15(13-18)14-22-20(24)16-8-10-17(11-9-16)23-21(25)19-7-4-12-27-19/h3-13H,2,14H2,1H3,(H,22,24)(H,23,25). The number of rotatable bonds is 7. The van der Waals surface area contributed by atoms with E-state index in [2.05, 4.69) is 10.6 Å². The van der Waals surface area contributed by atoms with Crippen molar-refractivity contribution >= 4 is 17.5 Å². The Morgan fingerprint density at radius 1 is 1.00 bits per heavy atom. The maximum absolute atomic E-state index is 12.3. The van der Waals surface area contributed by atoms with Gasteiger partial charge in [0.1, 0.15) is 5.75 Å². The lowest BCUT2D eigenvalue weighted by Crippen LogP contribution is -2.22. The van der Waals surface area contributed by atoms with E-state index in [1.807, 2.05) is 31.2 Å². The molecular weight excluding hydrogens is 344 g/mol. The van der Waals surface area contributed by atoms with E-state index < -0.39 is 0 Å². The summed E-state index contributed by atoms with van der Waals surface area (Å²) in [5.74, 6) is 0.471. The SMILES string of the molecule is CCOc1cccc(CNC(=O)c2ccc(NC(=O)c3ccco3)cc2)c1. The first-order chi connectivity index (χ1) is 13.2. The fourth-order valence-corrected chi connectivity index (χ4v) is 2.50. The number of anilines is 1. The van der Waals surface area contributed by atoms with Gasteiger partial charge < -0.3 is 19.8 Å². The van der Waals surface area contributed by atoms with Gasteiger partial charge in [-0.3, -0.25) is 9.59 Å². The highest BCUT2D eigenvalue weighted by Crippen LogP contribution is 2.14. The maximum Gasteiger partial charge on any atom is 0.291 e. The Morgan fingerprint density at radius 2 is 1.81 bits per heavy atom. The van der Waals surface area contributed by atoms with E-state index in [9.17, 15) is 9.59 Å². The predicted molar refractivity (Wildman–Crippen MR) is 102 cm³/mol. The van der Waals surface area contributed by atoms with Gasteiger partial charge in [0.05, 0.1) is 12.9 Å². The zero-order valence-electron chi connectivity index (χ0n) is 14.9. The van der Waals surface area contributed by atoms with Crippen molar-refractivity contribution in [3.8, 4) is 5.75 Å². The highest BCUT2D eigenvalue weighted by Gasteiger charge is 2.10. The number of furan rings is 1. The smallest absolute Gasteiger partial charge is 0.291 e. The van der Waals surface area contributed by atoms with Crippen LogP contribution in [-0.4, -0.2) is 18.4 Å². The topological polar surface area (TPSA) is 80.6 Å². The molecule has 2 N–H and O–H groups in total. The second kappa shape index (κ2) is 8.71. The van der Waals surface area contributed by atoms with Gasteiger partial charge in [0.2, 0.25) is 0 Å². The molecule has 0 bridgehead atoms. The lowest BCUT2D eigenvalue weighted by atomic mass is 10.1. The molecule has 6 heteroatoms. The molecule has 138 valence electrons. The summed E-state index contributed by atoms with van der Waals surface area (Å²) in [6, 6.07) is 17.5. The lowest BCUT2D eigenvalue weighted by molar-refractivity contribution is 0.0950. The molecule has 27 heavy (non-hydrogen) atoms. The van der Waals surface area contributed by atoms with Crippen LogP contribution in [0.3, 0.4) is 0 Å². The summed E-state index contributed by atoms with van der Waals surface area (Å²) >= 11 is 0. The Bertz CT molecular complexity index is 902. The molecule has 0 aliphatic rings. The number of nitrogens with one attached hydrogen (secondary N) is 2. The van der Waals surface area contributed by atoms with Crippen LogP contribution in [0.4, 0.5) is 5.69 Å². The van der Waals surface area contributed by atoms with Crippen molar-refractivity contribution < 1.29 is 18.7 Å². The number of benzene rings is 2. The molecule has 1 heterocycles. The molecule has 0 saturated carbocycles. The molecule has 0 atom stereocenters. The summed E-state index contributed by atoms with van der Waals surface area (Å²) in [6.07, 6.45) is 1.44. The summed E-state index contributed by atoms with van der Waals surface area (Å²) in [4.78, 5) is 24.2. The van der Waals surface area contributed by atoms with Crippen molar-refractivity contribution in [2.24, 2.45) is 0 Å². The number of carbonyl (C=O) groups excluding carboxylic acids is 2. The Kier molecular flexibility index (Phi) is 5.89. The minimum Gasteiger partial charge on any atom is -0.494 e. The molecule has 0 aliphatic carbocycles. The van der Waals surface area contributed by atoms with Gasteiger partial charge >= 0.3 is 0 Å². The summed E-state index contributed by atoms with van der Waals surface area (Å²) < 4.78 is 10.5. The second-order valence-electron chi connectivity index (χ2n) is 5.77. The summed E-state index contributed by atoms with van der Waals surface area (Å²) in [5.41, 5.74) is 2.04. The molecule has 0 unspecified atom stereocenters. The average Bonchev–Trinajstić information content (AvgIpc) is 3.22. The zero-order valence-corrected chi connectivity index (χ0v) is 14.9. The quantitative estimate of drug-likeness (QED) is 0.667. The molecule has 6 nitrogen and oxygen atoms in total. The zero-order chi connectivity index (χ0) is 19.1.